The highest BCUT2D eigenvalue weighted by molar-refractivity contribution is 5.34. The molecule has 1 unspecified atom stereocenters. The van der Waals surface area contributed by atoms with Crippen molar-refractivity contribution < 1.29 is 5.11 Å². The molecule has 0 spiro atoms. The fraction of sp³-hybridized carbons (Fsp3) is 0.667. The lowest BCUT2D eigenvalue weighted by molar-refractivity contribution is 0.0480. The van der Waals surface area contributed by atoms with Crippen LogP contribution >= 0.6 is 0 Å². The van der Waals surface area contributed by atoms with Gasteiger partial charge < -0.3 is 0 Å². The van der Waals surface area contributed by atoms with E-state index in [1.807, 2.05) is 13.8 Å². The third-order valence-electron chi connectivity index (χ3n) is 3.74. The zero-order chi connectivity index (χ0) is 14.3. The molecule has 1 aromatic carbocycles. The fourth-order valence-electron chi connectivity index (χ4n) is 2.42. The molecule has 0 fully saturated rings. The van der Waals surface area contributed by atoms with E-state index in [-0.39, 0.29) is 5.92 Å². The average molecular weight is 261 g/mol. The van der Waals surface area contributed by atoms with Crippen LogP contribution in [0.15, 0.2) is 18.2 Å². The van der Waals surface area contributed by atoms with E-state index in [9.17, 15) is 5.11 Å². The molecule has 0 N–H and O–H groups in total. The summed E-state index contributed by atoms with van der Waals surface area (Å²) in [7, 11) is 0. The van der Waals surface area contributed by atoms with Crippen molar-refractivity contribution in [2.24, 2.45) is 5.92 Å². The van der Waals surface area contributed by atoms with Gasteiger partial charge in [0, 0.05) is 0 Å². The zero-order valence-electron chi connectivity index (χ0n) is 13.0. The quantitative estimate of drug-likeness (QED) is 0.589. The lowest BCUT2D eigenvalue weighted by atomic mass is 9.90. The number of hydrogen-bond donors (Lipinski definition) is 0. The highest BCUT2D eigenvalue weighted by atomic mass is 16.3. The molecule has 19 heavy (non-hydrogen) atoms. The number of hydrogen-bond acceptors (Lipinski definition) is 0. The molecule has 0 bridgehead atoms. The molecule has 1 radical (unpaired) electrons. The summed E-state index contributed by atoms with van der Waals surface area (Å²) in [5.41, 5.74) is 3.72. The predicted molar refractivity (Wildman–Crippen MR) is 81.9 cm³/mol. The minimum atomic E-state index is -0.577. The van der Waals surface area contributed by atoms with Crippen molar-refractivity contribution in [3.05, 3.63) is 34.9 Å². The SMILES string of the molecule is CCCCc1ccc(C([O])C(C)C)c(CCCC)c1. The second kappa shape index (κ2) is 8.37. The maximum Gasteiger partial charge on any atom is 0.120 e. The Labute approximate surface area is 119 Å². The molecule has 0 aliphatic heterocycles. The van der Waals surface area contributed by atoms with Crippen molar-refractivity contribution in [3.8, 4) is 0 Å². The Bertz CT molecular complexity index is 368. The van der Waals surface area contributed by atoms with Crippen LogP contribution in [0.4, 0.5) is 0 Å². The van der Waals surface area contributed by atoms with Crippen LogP contribution in [-0.4, -0.2) is 0 Å². The Balaban J connectivity index is 2.94. The molecule has 0 aliphatic carbocycles. The van der Waals surface area contributed by atoms with E-state index in [0.717, 1.165) is 18.4 Å². The first-order valence-corrected chi connectivity index (χ1v) is 7.87. The second-order valence-electron chi connectivity index (χ2n) is 5.90. The lowest BCUT2D eigenvalue weighted by Crippen LogP contribution is -2.08. The third kappa shape index (κ3) is 4.99. The van der Waals surface area contributed by atoms with Gasteiger partial charge in [-0.2, -0.15) is 0 Å². The summed E-state index contributed by atoms with van der Waals surface area (Å²) in [5, 5.41) is 12.3. The van der Waals surface area contributed by atoms with Crippen LogP contribution in [0.3, 0.4) is 0 Å². The van der Waals surface area contributed by atoms with E-state index in [4.69, 9.17) is 0 Å². The summed E-state index contributed by atoms with van der Waals surface area (Å²) >= 11 is 0. The molecule has 1 atom stereocenters. The van der Waals surface area contributed by atoms with E-state index in [2.05, 4.69) is 32.0 Å². The maximum absolute atomic E-state index is 12.3. The van der Waals surface area contributed by atoms with E-state index in [1.54, 1.807) is 0 Å². The standard InChI is InChI=1S/C18H29O/c1-5-7-9-15-11-12-17(18(19)14(3)4)16(13-15)10-8-6-2/h11-14,18H,5-10H2,1-4H3. The van der Waals surface area contributed by atoms with Crippen molar-refractivity contribution in [1.29, 1.82) is 0 Å². The summed E-state index contributed by atoms with van der Waals surface area (Å²) in [5.74, 6) is 0.168. The predicted octanol–water partition coefficient (Wildman–Crippen LogP) is 5.50. The van der Waals surface area contributed by atoms with Gasteiger partial charge in [-0.3, -0.25) is 0 Å². The van der Waals surface area contributed by atoms with Gasteiger partial charge in [0.1, 0.15) is 6.10 Å². The molecule has 0 saturated carbocycles. The minimum Gasteiger partial charge on any atom is -0.228 e. The van der Waals surface area contributed by atoms with Crippen LogP contribution in [0.2, 0.25) is 0 Å². The molecule has 1 nitrogen and oxygen atoms in total. The number of aryl methyl sites for hydroxylation is 2. The van der Waals surface area contributed by atoms with Crippen molar-refractivity contribution >= 4 is 0 Å². The monoisotopic (exact) mass is 261 g/mol. The number of benzene rings is 1. The van der Waals surface area contributed by atoms with Gasteiger partial charge in [0.2, 0.25) is 0 Å². The Morgan fingerprint density at radius 2 is 1.63 bits per heavy atom. The summed E-state index contributed by atoms with van der Waals surface area (Å²) < 4.78 is 0. The molecule has 0 saturated heterocycles. The summed E-state index contributed by atoms with van der Waals surface area (Å²) in [6, 6.07) is 6.54. The van der Waals surface area contributed by atoms with Gasteiger partial charge >= 0.3 is 0 Å². The number of rotatable bonds is 8. The Kier molecular flexibility index (Phi) is 7.15. The molecule has 1 aromatic rings. The van der Waals surface area contributed by atoms with Gasteiger partial charge in [-0.1, -0.05) is 58.7 Å². The van der Waals surface area contributed by atoms with Crippen LogP contribution < -0.4 is 0 Å². The molecule has 107 valence electrons. The van der Waals surface area contributed by atoms with Crippen LogP contribution in [0, 0.1) is 5.92 Å². The van der Waals surface area contributed by atoms with E-state index in [1.165, 1.54) is 36.8 Å². The molecule has 1 rings (SSSR count). The molecule has 0 aromatic heterocycles. The van der Waals surface area contributed by atoms with Gasteiger partial charge in [0.25, 0.3) is 0 Å². The largest absolute Gasteiger partial charge is 0.228 e. The van der Waals surface area contributed by atoms with E-state index >= 15 is 0 Å². The summed E-state index contributed by atoms with van der Waals surface area (Å²) in [6.07, 6.45) is 6.43. The van der Waals surface area contributed by atoms with Crippen molar-refractivity contribution in [3.63, 3.8) is 0 Å². The van der Waals surface area contributed by atoms with Crippen molar-refractivity contribution in [2.75, 3.05) is 0 Å². The second-order valence-corrected chi connectivity index (χ2v) is 5.90. The smallest absolute Gasteiger partial charge is 0.120 e. The van der Waals surface area contributed by atoms with Crippen LogP contribution in [0.1, 0.15) is 76.2 Å². The average Bonchev–Trinajstić information content (AvgIpc) is 2.42. The first-order valence-electron chi connectivity index (χ1n) is 7.87. The van der Waals surface area contributed by atoms with Gasteiger partial charge in [0.15, 0.2) is 0 Å². The number of unbranched alkanes of at least 4 members (excludes halogenated alkanes) is 2. The first-order chi connectivity index (χ1) is 9.10. The van der Waals surface area contributed by atoms with Crippen molar-refractivity contribution in [2.45, 2.75) is 72.3 Å². The molecule has 1 heteroatoms. The van der Waals surface area contributed by atoms with Crippen LogP contribution in [0.25, 0.3) is 0 Å². The molecular formula is C18H29O. The maximum atomic E-state index is 12.3. The Morgan fingerprint density at radius 3 is 2.21 bits per heavy atom. The topological polar surface area (TPSA) is 19.9 Å². The normalized spacial score (nSPS) is 12.9. The Hall–Kier alpha value is -0.820. The minimum absolute atomic E-state index is 0.168. The molecular weight excluding hydrogens is 232 g/mol. The third-order valence-corrected chi connectivity index (χ3v) is 3.74. The molecule has 0 heterocycles. The molecule has 0 amide bonds. The van der Waals surface area contributed by atoms with Crippen LogP contribution in [-0.2, 0) is 17.9 Å². The van der Waals surface area contributed by atoms with Crippen molar-refractivity contribution in [1.82, 2.24) is 0 Å². The highest BCUT2D eigenvalue weighted by Gasteiger charge is 2.17. The summed E-state index contributed by atoms with van der Waals surface area (Å²) in [6.45, 7) is 8.47. The highest BCUT2D eigenvalue weighted by Crippen LogP contribution is 2.27. The first kappa shape index (κ1) is 16.2. The summed E-state index contributed by atoms with van der Waals surface area (Å²) in [4.78, 5) is 0. The van der Waals surface area contributed by atoms with Gasteiger partial charge in [-0.25, -0.2) is 5.11 Å². The van der Waals surface area contributed by atoms with Gasteiger partial charge in [0.05, 0.1) is 0 Å². The van der Waals surface area contributed by atoms with Gasteiger partial charge in [-0.05, 0) is 48.3 Å². The fourth-order valence-corrected chi connectivity index (χ4v) is 2.42. The van der Waals surface area contributed by atoms with E-state index in [0.29, 0.717) is 0 Å². The van der Waals surface area contributed by atoms with Gasteiger partial charge in [-0.15, -0.1) is 0 Å². The molecule has 0 aliphatic rings. The zero-order valence-corrected chi connectivity index (χ0v) is 13.0. The van der Waals surface area contributed by atoms with E-state index < -0.39 is 6.10 Å². The van der Waals surface area contributed by atoms with Crippen LogP contribution in [0.5, 0.6) is 0 Å². The lowest BCUT2D eigenvalue weighted by Gasteiger charge is -2.18. The Morgan fingerprint density at radius 1 is 1.00 bits per heavy atom.